The number of hydrogen-bond donors (Lipinski definition) is 2. The van der Waals surface area contributed by atoms with E-state index < -0.39 is 0 Å². The summed E-state index contributed by atoms with van der Waals surface area (Å²) in [4.78, 5) is 27.5. The third-order valence-corrected chi connectivity index (χ3v) is 3.61. The predicted octanol–water partition coefficient (Wildman–Crippen LogP) is 1.78. The molecule has 2 aromatic heterocycles. The zero-order valence-corrected chi connectivity index (χ0v) is 12.3. The summed E-state index contributed by atoms with van der Waals surface area (Å²) in [5.41, 5.74) is 2.11. The maximum Gasteiger partial charge on any atom is 0.191 e. The molecular weight excluding hydrogens is 278 g/mol. The van der Waals surface area contributed by atoms with Crippen molar-refractivity contribution in [2.24, 2.45) is 0 Å². The standard InChI is InChI=1S/C17H17N3O2/c1-18-9-15(22)13-11-20(10-12-5-3-2-4-6-12)17-16(13)14(21)7-8-19-17/h2-8,11,18H,9-10H2,1H3,(H,19,21). The highest BCUT2D eigenvalue weighted by Gasteiger charge is 2.17. The van der Waals surface area contributed by atoms with Gasteiger partial charge in [0.25, 0.3) is 0 Å². The second-order valence-corrected chi connectivity index (χ2v) is 5.18. The number of benzene rings is 1. The maximum absolute atomic E-state index is 12.2. The van der Waals surface area contributed by atoms with Crippen LogP contribution < -0.4 is 10.7 Å². The average molecular weight is 295 g/mol. The van der Waals surface area contributed by atoms with Gasteiger partial charge in [-0.25, -0.2) is 0 Å². The molecule has 22 heavy (non-hydrogen) atoms. The zero-order chi connectivity index (χ0) is 15.5. The number of likely N-dealkylation sites (N-methyl/N-ethyl adjacent to an activating group) is 1. The minimum absolute atomic E-state index is 0.0870. The van der Waals surface area contributed by atoms with Gasteiger partial charge in [-0.2, -0.15) is 0 Å². The fourth-order valence-corrected chi connectivity index (χ4v) is 2.61. The largest absolute Gasteiger partial charge is 0.347 e. The molecule has 0 unspecified atom stereocenters. The molecule has 0 fully saturated rings. The molecule has 2 heterocycles. The number of aromatic nitrogens is 2. The number of ketones is 1. The molecule has 5 nitrogen and oxygen atoms in total. The van der Waals surface area contributed by atoms with Crippen molar-refractivity contribution < 1.29 is 4.79 Å². The lowest BCUT2D eigenvalue weighted by Crippen LogP contribution is -2.19. The van der Waals surface area contributed by atoms with Gasteiger partial charge in [-0.3, -0.25) is 9.59 Å². The molecule has 0 aliphatic heterocycles. The van der Waals surface area contributed by atoms with E-state index in [-0.39, 0.29) is 17.8 Å². The Balaban J connectivity index is 2.13. The van der Waals surface area contributed by atoms with Crippen molar-refractivity contribution in [1.29, 1.82) is 0 Å². The molecule has 0 saturated heterocycles. The van der Waals surface area contributed by atoms with Crippen molar-refractivity contribution >= 4 is 16.8 Å². The van der Waals surface area contributed by atoms with Crippen LogP contribution in [0.1, 0.15) is 15.9 Å². The van der Waals surface area contributed by atoms with Crippen molar-refractivity contribution in [3.05, 3.63) is 70.1 Å². The summed E-state index contributed by atoms with van der Waals surface area (Å²) in [5.74, 6) is -0.0870. The Morgan fingerprint density at radius 1 is 1.23 bits per heavy atom. The highest BCUT2D eigenvalue weighted by atomic mass is 16.1. The predicted molar refractivity (Wildman–Crippen MR) is 86.4 cm³/mol. The molecule has 5 heteroatoms. The number of fused-ring (bicyclic) bond motifs is 1. The molecule has 0 atom stereocenters. The van der Waals surface area contributed by atoms with Crippen LogP contribution in [-0.2, 0) is 6.54 Å². The number of carbonyl (C=O) groups excluding carboxylic acids is 1. The Kier molecular flexibility index (Phi) is 3.89. The number of Topliss-reactive ketones (excluding diaryl/α,β-unsaturated/α-hetero) is 1. The van der Waals surface area contributed by atoms with Crippen molar-refractivity contribution in [2.45, 2.75) is 6.54 Å². The molecule has 0 saturated carbocycles. The van der Waals surface area contributed by atoms with Crippen LogP contribution >= 0.6 is 0 Å². The van der Waals surface area contributed by atoms with Crippen LogP contribution in [0.5, 0.6) is 0 Å². The Morgan fingerprint density at radius 3 is 2.73 bits per heavy atom. The van der Waals surface area contributed by atoms with E-state index in [1.165, 1.54) is 6.07 Å². The third-order valence-electron chi connectivity index (χ3n) is 3.61. The molecule has 0 aliphatic carbocycles. The Bertz CT molecular complexity index is 862. The van der Waals surface area contributed by atoms with Crippen molar-refractivity contribution in [3.8, 4) is 0 Å². The number of H-pyrrole nitrogens is 1. The van der Waals surface area contributed by atoms with E-state index >= 15 is 0 Å². The first-order chi connectivity index (χ1) is 10.7. The molecule has 0 bridgehead atoms. The quantitative estimate of drug-likeness (QED) is 0.705. The van der Waals surface area contributed by atoms with E-state index in [1.807, 2.05) is 34.9 Å². The first kappa shape index (κ1) is 14.3. The van der Waals surface area contributed by atoms with Crippen LogP contribution in [0.4, 0.5) is 0 Å². The minimum Gasteiger partial charge on any atom is -0.347 e. The molecule has 1 aromatic carbocycles. The number of hydrogen-bond acceptors (Lipinski definition) is 3. The van der Waals surface area contributed by atoms with E-state index in [0.717, 1.165) is 5.56 Å². The van der Waals surface area contributed by atoms with Crippen LogP contribution in [0, 0.1) is 0 Å². The van der Waals surface area contributed by atoms with Crippen molar-refractivity contribution in [1.82, 2.24) is 14.9 Å². The molecule has 0 aliphatic rings. The highest BCUT2D eigenvalue weighted by molar-refractivity contribution is 6.08. The molecular formula is C17H17N3O2. The summed E-state index contributed by atoms with van der Waals surface area (Å²) in [5, 5.41) is 3.30. The summed E-state index contributed by atoms with van der Waals surface area (Å²) >= 11 is 0. The van der Waals surface area contributed by atoms with Gasteiger partial charge in [0.15, 0.2) is 11.2 Å². The van der Waals surface area contributed by atoms with Crippen LogP contribution in [0.15, 0.2) is 53.6 Å². The number of pyridine rings is 1. The number of nitrogens with zero attached hydrogens (tertiary/aromatic N) is 1. The van der Waals surface area contributed by atoms with Gasteiger partial charge in [0.2, 0.25) is 0 Å². The third kappa shape index (κ3) is 2.58. The maximum atomic E-state index is 12.2. The van der Waals surface area contributed by atoms with Crippen LogP contribution in [0.2, 0.25) is 0 Å². The van der Waals surface area contributed by atoms with E-state index in [0.29, 0.717) is 23.1 Å². The molecule has 2 N–H and O–H groups in total. The zero-order valence-electron chi connectivity index (χ0n) is 12.3. The van der Waals surface area contributed by atoms with Gasteiger partial charge in [0, 0.05) is 25.0 Å². The second-order valence-electron chi connectivity index (χ2n) is 5.18. The average Bonchev–Trinajstić information content (AvgIpc) is 2.89. The molecule has 3 aromatic rings. The monoisotopic (exact) mass is 295 g/mol. The number of aromatic amines is 1. The number of carbonyl (C=O) groups is 1. The smallest absolute Gasteiger partial charge is 0.191 e. The van der Waals surface area contributed by atoms with Gasteiger partial charge in [-0.05, 0) is 12.6 Å². The van der Waals surface area contributed by atoms with E-state index in [4.69, 9.17) is 0 Å². The van der Waals surface area contributed by atoms with Crippen molar-refractivity contribution in [2.75, 3.05) is 13.6 Å². The lowest BCUT2D eigenvalue weighted by molar-refractivity contribution is 0.0995. The van der Waals surface area contributed by atoms with Crippen molar-refractivity contribution in [3.63, 3.8) is 0 Å². The van der Waals surface area contributed by atoms with Gasteiger partial charge in [0.05, 0.1) is 17.5 Å². The summed E-state index contributed by atoms with van der Waals surface area (Å²) in [6, 6.07) is 11.4. The van der Waals surface area contributed by atoms with Gasteiger partial charge >= 0.3 is 0 Å². The topological polar surface area (TPSA) is 66.9 Å². The Labute approximate surface area is 127 Å². The lowest BCUT2D eigenvalue weighted by atomic mass is 10.1. The van der Waals surface area contributed by atoms with Gasteiger partial charge in [-0.15, -0.1) is 0 Å². The Hall–Kier alpha value is -2.66. The normalized spacial score (nSPS) is 11.0. The first-order valence-corrected chi connectivity index (χ1v) is 7.13. The van der Waals surface area contributed by atoms with Gasteiger partial charge in [0.1, 0.15) is 5.65 Å². The summed E-state index contributed by atoms with van der Waals surface area (Å²) < 4.78 is 1.91. The number of rotatable bonds is 5. The molecule has 3 rings (SSSR count). The second kappa shape index (κ2) is 5.99. The lowest BCUT2D eigenvalue weighted by Gasteiger charge is -2.04. The van der Waals surface area contributed by atoms with Gasteiger partial charge in [-0.1, -0.05) is 30.3 Å². The summed E-state index contributed by atoms with van der Waals surface area (Å²) in [7, 11) is 1.71. The fraction of sp³-hybridized carbons (Fsp3) is 0.176. The first-order valence-electron chi connectivity index (χ1n) is 7.13. The Morgan fingerprint density at radius 2 is 2.00 bits per heavy atom. The van der Waals surface area contributed by atoms with Crippen LogP contribution in [-0.4, -0.2) is 28.9 Å². The molecule has 0 amide bonds. The van der Waals surface area contributed by atoms with E-state index in [9.17, 15) is 9.59 Å². The fourth-order valence-electron chi connectivity index (χ4n) is 2.61. The van der Waals surface area contributed by atoms with E-state index in [2.05, 4.69) is 10.3 Å². The van der Waals surface area contributed by atoms with Gasteiger partial charge < -0.3 is 14.9 Å². The van der Waals surface area contributed by atoms with E-state index in [1.54, 1.807) is 19.4 Å². The summed E-state index contributed by atoms with van der Waals surface area (Å²) in [6.45, 7) is 0.808. The minimum atomic E-state index is -0.139. The van der Waals surface area contributed by atoms with Crippen LogP contribution in [0.3, 0.4) is 0 Å². The summed E-state index contributed by atoms with van der Waals surface area (Å²) in [6.07, 6.45) is 3.37. The van der Waals surface area contributed by atoms with Crippen LogP contribution in [0.25, 0.3) is 11.0 Å². The SMILES string of the molecule is CNCC(=O)c1cn(Cc2ccccc2)c2[nH]ccc(=O)c12. The molecule has 0 radical (unpaired) electrons. The number of nitrogens with one attached hydrogen (secondary N) is 2. The molecule has 112 valence electrons. The molecule has 0 spiro atoms. The highest BCUT2D eigenvalue weighted by Crippen LogP contribution is 2.18.